The quantitative estimate of drug-likeness (QED) is 0.221. The second-order valence-corrected chi connectivity index (χ2v) is 6.69. The monoisotopic (exact) mass is 441 g/mol. The van der Waals surface area contributed by atoms with Gasteiger partial charge in [0.05, 0.1) is 5.02 Å². The summed E-state index contributed by atoms with van der Waals surface area (Å²) in [5, 5.41) is 8.73. The minimum atomic E-state index is -2.25. The zero-order chi connectivity index (χ0) is 21.6. The largest absolute Gasteiger partial charge is 0.364 e. The van der Waals surface area contributed by atoms with Crippen LogP contribution in [0.1, 0.15) is 5.56 Å². The van der Waals surface area contributed by atoms with Gasteiger partial charge in [-0.3, -0.25) is 5.10 Å². The molecule has 4 rings (SSSR count). The van der Waals surface area contributed by atoms with Crippen molar-refractivity contribution in [2.75, 3.05) is 5.32 Å². The average Bonchev–Trinajstić information content (AvgIpc) is 3.17. The fourth-order valence-electron chi connectivity index (χ4n) is 3.03. The van der Waals surface area contributed by atoms with Crippen molar-refractivity contribution in [2.45, 2.75) is 6.54 Å². The molecule has 0 atom stereocenters. The molecule has 3 nitrogen and oxygen atoms in total. The van der Waals surface area contributed by atoms with Gasteiger partial charge in [0, 0.05) is 23.1 Å². The maximum atomic E-state index is 14.7. The Morgan fingerprint density at radius 1 is 0.833 bits per heavy atom. The number of rotatable bonds is 4. The molecule has 0 aliphatic heterocycles. The maximum Gasteiger partial charge on any atom is 0.200 e. The molecule has 0 bridgehead atoms. The molecule has 2 N–H and O–H groups in total. The highest BCUT2D eigenvalue weighted by Gasteiger charge is 2.26. The summed E-state index contributed by atoms with van der Waals surface area (Å²) in [5.74, 6) is -11.1. The molecule has 1 heterocycles. The van der Waals surface area contributed by atoms with Gasteiger partial charge < -0.3 is 5.32 Å². The number of halogens is 7. The van der Waals surface area contributed by atoms with Crippen LogP contribution in [0, 0.1) is 34.9 Å². The van der Waals surface area contributed by atoms with Crippen molar-refractivity contribution >= 4 is 28.3 Å². The van der Waals surface area contributed by atoms with E-state index in [0.29, 0.717) is 11.1 Å². The molecule has 154 valence electrons. The summed E-state index contributed by atoms with van der Waals surface area (Å²) in [7, 11) is 0. The smallest absolute Gasteiger partial charge is 0.200 e. The van der Waals surface area contributed by atoms with Crippen LogP contribution < -0.4 is 5.32 Å². The number of hydrogen-bond acceptors (Lipinski definition) is 2. The van der Waals surface area contributed by atoms with Gasteiger partial charge >= 0.3 is 0 Å². The van der Waals surface area contributed by atoms with E-state index in [-0.39, 0.29) is 21.7 Å². The highest BCUT2D eigenvalue weighted by atomic mass is 35.5. The molecular formula is C20H10ClF6N3. The molecule has 4 aromatic rings. The second-order valence-electron chi connectivity index (χ2n) is 6.31. The van der Waals surface area contributed by atoms with E-state index in [1.54, 1.807) is 30.3 Å². The molecule has 0 spiro atoms. The van der Waals surface area contributed by atoms with Crippen LogP contribution in [0.25, 0.3) is 22.0 Å². The van der Waals surface area contributed by atoms with Crippen molar-refractivity contribution in [3.8, 4) is 11.1 Å². The molecule has 0 fully saturated rings. The lowest BCUT2D eigenvalue weighted by molar-refractivity contribution is 0.371. The number of anilines is 1. The summed E-state index contributed by atoms with van der Waals surface area (Å²) in [6.07, 6.45) is 0. The first kappa shape index (κ1) is 20.1. The first-order valence-electron chi connectivity index (χ1n) is 8.47. The highest BCUT2D eigenvalue weighted by molar-refractivity contribution is 6.34. The Kier molecular flexibility index (Phi) is 5.07. The Balaban J connectivity index is 1.76. The highest BCUT2D eigenvalue weighted by Crippen LogP contribution is 2.37. The van der Waals surface area contributed by atoms with Gasteiger partial charge in [0.1, 0.15) is 5.52 Å². The lowest BCUT2D eigenvalue weighted by atomic mass is 10.0. The van der Waals surface area contributed by atoms with E-state index in [1.807, 2.05) is 0 Å². The Morgan fingerprint density at radius 2 is 1.43 bits per heavy atom. The predicted molar refractivity (Wildman–Crippen MR) is 100 cm³/mol. The van der Waals surface area contributed by atoms with Gasteiger partial charge in [-0.15, -0.1) is 0 Å². The molecule has 0 saturated carbocycles. The third-order valence-corrected chi connectivity index (χ3v) is 4.93. The third kappa shape index (κ3) is 3.15. The Bertz CT molecular complexity index is 1240. The van der Waals surface area contributed by atoms with Crippen LogP contribution in [0.2, 0.25) is 5.02 Å². The molecule has 0 radical (unpaired) electrons. The summed E-state index contributed by atoms with van der Waals surface area (Å²) in [6, 6.07) is 10.1. The van der Waals surface area contributed by atoms with E-state index in [2.05, 4.69) is 15.5 Å². The summed E-state index contributed by atoms with van der Waals surface area (Å²) < 4.78 is 82.4. The molecule has 0 amide bonds. The zero-order valence-corrected chi connectivity index (χ0v) is 15.5. The fourth-order valence-corrected chi connectivity index (χ4v) is 3.29. The van der Waals surface area contributed by atoms with E-state index in [9.17, 15) is 26.3 Å². The van der Waals surface area contributed by atoms with Crippen molar-refractivity contribution < 1.29 is 26.3 Å². The normalized spacial score (nSPS) is 11.3. The molecule has 30 heavy (non-hydrogen) atoms. The number of H-pyrrole nitrogens is 1. The predicted octanol–water partition coefficient (Wildman–Crippen LogP) is 6.33. The number of fused-ring (bicyclic) bond motifs is 1. The van der Waals surface area contributed by atoms with Crippen LogP contribution in [-0.2, 0) is 6.54 Å². The SMILES string of the molecule is Fc1c(F)c(F)c(CNc2n[nH]c3c(F)c(Cl)c(-c4ccccc4)cc23)c(F)c1F. The maximum absolute atomic E-state index is 14.7. The van der Waals surface area contributed by atoms with Gasteiger partial charge in [-0.25, -0.2) is 26.3 Å². The van der Waals surface area contributed by atoms with E-state index in [4.69, 9.17) is 11.6 Å². The van der Waals surface area contributed by atoms with E-state index >= 15 is 0 Å². The molecule has 0 aliphatic carbocycles. The minimum absolute atomic E-state index is 0.0540. The lowest BCUT2D eigenvalue weighted by Crippen LogP contribution is -2.11. The van der Waals surface area contributed by atoms with Crippen molar-refractivity contribution in [1.29, 1.82) is 0 Å². The van der Waals surface area contributed by atoms with Crippen LogP contribution in [0.4, 0.5) is 32.2 Å². The van der Waals surface area contributed by atoms with Crippen molar-refractivity contribution in [1.82, 2.24) is 10.2 Å². The number of aromatic amines is 1. The van der Waals surface area contributed by atoms with Crippen molar-refractivity contribution in [3.63, 3.8) is 0 Å². The van der Waals surface area contributed by atoms with Crippen molar-refractivity contribution in [2.24, 2.45) is 0 Å². The molecule has 3 aromatic carbocycles. The number of benzene rings is 3. The fraction of sp³-hybridized carbons (Fsp3) is 0.0500. The van der Waals surface area contributed by atoms with Crippen molar-refractivity contribution in [3.05, 3.63) is 81.9 Å². The zero-order valence-electron chi connectivity index (χ0n) is 14.8. The average molecular weight is 442 g/mol. The standard InChI is InChI=1S/C20H10ClF6N3/c21-12-9(8-4-2-1-3-5-8)6-10-19(15(12)24)29-30-20(10)28-7-11-13(22)16(25)18(27)17(26)14(11)23/h1-6H,7H2,(H2,28,29,30). The Morgan fingerprint density at radius 3 is 2.07 bits per heavy atom. The van der Waals surface area contributed by atoms with Gasteiger partial charge in [0.2, 0.25) is 5.82 Å². The molecule has 1 aromatic heterocycles. The lowest BCUT2D eigenvalue weighted by Gasteiger charge is -2.10. The molecule has 0 unspecified atom stereocenters. The summed E-state index contributed by atoms with van der Waals surface area (Å²) in [6.45, 7) is -0.781. The van der Waals surface area contributed by atoms with Crippen LogP contribution in [0.3, 0.4) is 0 Å². The molecule has 0 aliphatic rings. The van der Waals surface area contributed by atoms with Crippen LogP contribution >= 0.6 is 11.6 Å². The first-order chi connectivity index (χ1) is 14.3. The first-order valence-corrected chi connectivity index (χ1v) is 8.84. The number of nitrogens with one attached hydrogen (secondary N) is 2. The van der Waals surface area contributed by atoms with E-state index < -0.39 is 47.0 Å². The van der Waals surface area contributed by atoms with Gasteiger partial charge in [-0.05, 0) is 11.6 Å². The summed E-state index contributed by atoms with van der Waals surface area (Å²) in [5.41, 5.74) is -0.210. The van der Waals surface area contributed by atoms with Crippen LogP contribution in [0.15, 0.2) is 36.4 Å². The van der Waals surface area contributed by atoms with Gasteiger partial charge in [-0.2, -0.15) is 5.10 Å². The van der Waals surface area contributed by atoms with Gasteiger partial charge in [0.15, 0.2) is 34.9 Å². The summed E-state index contributed by atoms with van der Waals surface area (Å²) >= 11 is 6.12. The molecular weight excluding hydrogens is 432 g/mol. The van der Waals surface area contributed by atoms with Gasteiger partial charge in [0.25, 0.3) is 0 Å². The van der Waals surface area contributed by atoms with E-state index in [0.717, 1.165) is 0 Å². The molecule has 0 saturated heterocycles. The summed E-state index contributed by atoms with van der Waals surface area (Å²) in [4.78, 5) is 0. The van der Waals surface area contributed by atoms with Crippen LogP contribution in [-0.4, -0.2) is 10.2 Å². The Hall–Kier alpha value is -3.20. The topological polar surface area (TPSA) is 40.7 Å². The number of nitrogens with zero attached hydrogens (tertiary/aromatic N) is 1. The molecule has 10 heteroatoms. The number of aromatic nitrogens is 2. The van der Waals surface area contributed by atoms with Crippen LogP contribution in [0.5, 0.6) is 0 Å². The third-order valence-electron chi connectivity index (χ3n) is 4.56. The minimum Gasteiger partial charge on any atom is -0.364 e. The number of hydrogen-bond donors (Lipinski definition) is 2. The van der Waals surface area contributed by atoms with Gasteiger partial charge in [-0.1, -0.05) is 41.9 Å². The van der Waals surface area contributed by atoms with E-state index in [1.165, 1.54) is 6.07 Å². The second kappa shape index (κ2) is 7.56. The Labute approximate surface area is 170 Å².